The van der Waals surface area contributed by atoms with Crippen molar-refractivity contribution in [3.63, 3.8) is 0 Å². The molecule has 0 atom stereocenters. The van der Waals surface area contributed by atoms with E-state index in [1.807, 2.05) is 0 Å². The lowest BCUT2D eigenvalue weighted by molar-refractivity contribution is -0.384. The van der Waals surface area contributed by atoms with Crippen molar-refractivity contribution in [1.29, 1.82) is 0 Å². The van der Waals surface area contributed by atoms with E-state index in [-0.39, 0.29) is 5.69 Å². The van der Waals surface area contributed by atoms with E-state index in [4.69, 9.17) is 0 Å². The molecule has 1 aromatic carbocycles. The second-order valence-electron chi connectivity index (χ2n) is 2.98. The van der Waals surface area contributed by atoms with Crippen LogP contribution in [0.3, 0.4) is 0 Å². The maximum absolute atomic E-state index is 10.5. The van der Waals surface area contributed by atoms with Gasteiger partial charge < -0.3 is 0 Å². The third-order valence-corrected chi connectivity index (χ3v) is 2.08. The van der Waals surface area contributed by atoms with Crippen LogP contribution in [0.4, 0.5) is 11.4 Å². The lowest BCUT2D eigenvalue weighted by atomic mass is 10.1. The van der Waals surface area contributed by atoms with Crippen LogP contribution in [0.2, 0.25) is 0 Å². The summed E-state index contributed by atoms with van der Waals surface area (Å²) in [5.41, 5.74) is 1.29. The van der Waals surface area contributed by atoms with Crippen molar-refractivity contribution < 1.29 is 10.1 Å². The van der Waals surface area contributed by atoms with Crippen LogP contribution in [-0.2, 0) is 0 Å². The van der Waals surface area contributed by atoms with Crippen LogP contribution in [-0.4, -0.2) is 16.7 Å². The van der Waals surface area contributed by atoms with Crippen molar-refractivity contribution in [3.8, 4) is 0 Å². The molecule has 1 heterocycles. The number of fused-ring (bicyclic) bond motifs is 1. The second-order valence-corrected chi connectivity index (χ2v) is 2.98. The Labute approximate surface area is 80.0 Å². The van der Waals surface area contributed by atoms with Gasteiger partial charge in [-0.25, -0.2) is 0 Å². The Hall–Kier alpha value is -1.88. The Morgan fingerprint density at radius 1 is 1.50 bits per heavy atom. The Balaban J connectivity index is 2.50. The number of nitro groups is 1. The molecule has 0 unspecified atom stereocenters. The predicted molar refractivity (Wildman–Crippen MR) is 51.3 cm³/mol. The zero-order valence-corrected chi connectivity index (χ0v) is 7.25. The summed E-state index contributed by atoms with van der Waals surface area (Å²) in [6, 6.07) is 4.35. The maximum Gasteiger partial charge on any atom is 0.270 e. The highest BCUT2D eigenvalue weighted by Gasteiger charge is 2.14. The fourth-order valence-corrected chi connectivity index (χ4v) is 1.40. The number of benzene rings is 1. The SMILES string of the molecule is O=[N+]([O-])c1ccc2c(c1)C=CCN2O. The van der Waals surface area contributed by atoms with Crippen LogP contribution in [0, 0.1) is 10.1 Å². The highest BCUT2D eigenvalue weighted by molar-refractivity contribution is 5.72. The summed E-state index contributed by atoms with van der Waals surface area (Å²) in [5, 5.41) is 20.9. The number of hydrogen-bond acceptors (Lipinski definition) is 4. The molecule has 1 N–H and O–H groups in total. The summed E-state index contributed by atoms with van der Waals surface area (Å²) in [4.78, 5) is 10.0. The van der Waals surface area contributed by atoms with E-state index < -0.39 is 4.92 Å². The lowest BCUT2D eigenvalue weighted by Gasteiger charge is -2.20. The molecule has 2 rings (SSSR count). The summed E-state index contributed by atoms with van der Waals surface area (Å²) in [5.74, 6) is 0. The van der Waals surface area contributed by atoms with E-state index in [2.05, 4.69) is 0 Å². The minimum atomic E-state index is -0.454. The minimum absolute atomic E-state index is 0.0312. The smallest absolute Gasteiger partial charge is 0.270 e. The van der Waals surface area contributed by atoms with Gasteiger partial charge in [-0.2, -0.15) is 0 Å². The summed E-state index contributed by atoms with van der Waals surface area (Å²) in [7, 11) is 0. The van der Waals surface area contributed by atoms with Gasteiger partial charge >= 0.3 is 0 Å². The van der Waals surface area contributed by atoms with Gasteiger partial charge in [0.2, 0.25) is 0 Å². The summed E-state index contributed by atoms with van der Waals surface area (Å²) in [6.07, 6.45) is 3.50. The molecular formula is C9H8N2O3. The van der Waals surface area contributed by atoms with Gasteiger partial charge in [0.05, 0.1) is 17.2 Å². The zero-order chi connectivity index (χ0) is 10.1. The van der Waals surface area contributed by atoms with Crippen molar-refractivity contribution in [2.75, 3.05) is 11.6 Å². The molecular weight excluding hydrogens is 184 g/mol. The number of non-ortho nitro benzene ring substituents is 1. The van der Waals surface area contributed by atoms with E-state index >= 15 is 0 Å². The molecule has 0 radical (unpaired) electrons. The van der Waals surface area contributed by atoms with Gasteiger partial charge in [0, 0.05) is 17.7 Å². The Bertz CT molecular complexity index is 415. The van der Waals surface area contributed by atoms with Crippen molar-refractivity contribution >= 4 is 17.5 Å². The van der Waals surface area contributed by atoms with E-state index in [0.29, 0.717) is 17.8 Å². The molecule has 0 fully saturated rings. The van der Waals surface area contributed by atoms with Crippen molar-refractivity contribution in [3.05, 3.63) is 40.0 Å². The first kappa shape index (κ1) is 8.71. The minimum Gasteiger partial charge on any atom is -0.288 e. The summed E-state index contributed by atoms with van der Waals surface area (Å²) < 4.78 is 0. The molecule has 1 aliphatic rings. The molecule has 0 saturated heterocycles. The fourth-order valence-electron chi connectivity index (χ4n) is 1.40. The maximum atomic E-state index is 10.5. The first-order valence-electron chi connectivity index (χ1n) is 4.10. The third-order valence-electron chi connectivity index (χ3n) is 2.08. The number of nitrogens with zero attached hydrogens (tertiary/aromatic N) is 2. The van der Waals surface area contributed by atoms with E-state index in [9.17, 15) is 15.3 Å². The quantitative estimate of drug-likeness (QED) is 0.544. The highest BCUT2D eigenvalue weighted by atomic mass is 16.6. The Morgan fingerprint density at radius 3 is 3.00 bits per heavy atom. The largest absolute Gasteiger partial charge is 0.288 e. The average molecular weight is 192 g/mol. The van der Waals surface area contributed by atoms with Crippen LogP contribution >= 0.6 is 0 Å². The number of rotatable bonds is 1. The summed E-state index contributed by atoms with van der Waals surface area (Å²) in [6.45, 7) is 0.408. The molecule has 0 aliphatic carbocycles. The normalized spacial score (nSPS) is 13.9. The van der Waals surface area contributed by atoms with Crippen LogP contribution in [0.25, 0.3) is 6.08 Å². The Morgan fingerprint density at radius 2 is 2.29 bits per heavy atom. The fraction of sp³-hybridized carbons (Fsp3) is 0.111. The van der Waals surface area contributed by atoms with Crippen LogP contribution < -0.4 is 5.06 Å². The molecule has 0 aromatic heterocycles. The van der Waals surface area contributed by atoms with Gasteiger partial charge in [-0.15, -0.1) is 0 Å². The van der Waals surface area contributed by atoms with Crippen LogP contribution in [0.15, 0.2) is 24.3 Å². The molecule has 5 heteroatoms. The lowest BCUT2D eigenvalue weighted by Crippen LogP contribution is -2.20. The molecule has 0 amide bonds. The van der Waals surface area contributed by atoms with E-state index in [1.165, 1.54) is 18.2 Å². The van der Waals surface area contributed by atoms with Crippen molar-refractivity contribution in [2.24, 2.45) is 0 Å². The average Bonchev–Trinajstić information content (AvgIpc) is 2.17. The van der Waals surface area contributed by atoms with Gasteiger partial charge in [-0.3, -0.25) is 20.4 Å². The van der Waals surface area contributed by atoms with E-state index in [0.717, 1.165) is 5.06 Å². The molecule has 1 aromatic rings. The van der Waals surface area contributed by atoms with Crippen molar-refractivity contribution in [2.45, 2.75) is 0 Å². The standard InChI is InChI=1S/C9H8N2O3/c12-10-5-1-2-7-6-8(11(13)14)3-4-9(7)10/h1-4,6,12H,5H2. The molecule has 14 heavy (non-hydrogen) atoms. The Kier molecular flexibility index (Phi) is 1.94. The number of anilines is 1. The van der Waals surface area contributed by atoms with Crippen LogP contribution in [0.5, 0.6) is 0 Å². The van der Waals surface area contributed by atoms with Crippen LogP contribution in [0.1, 0.15) is 5.56 Å². The second kappa shape index (κ2) is 3.12. The first-order valence-corrected chi connectivity index (χ1v) is 4.10. The van der Waals surface area contributed by atoms with Gasteiger partial charge in [-0.05, 0) is 6.07 Å². The third kappa shape index (κ3) is 1.33. The molecule has 1 aliphatic heterocycles. The molecule has 0 bridgehead atoms. The van der Waals surface area contributed by atoms with Gasteiger partial charge in [0.15, 0.2) is 0 Å². The molecule has 5 nitrogen and oxygen atoms in total. The van der Waals surface area contributed by atoms with Gasteiger partial charge in [0.1, 0.15) is 0 Å². The monoisotopic (exact) mass is 192 g/mol. The van der Waals surface area contributed by atoms with Gasteiger partial charge in [0.25, 0.3) is 5.69 Å². The number of hydroxylamine groups is 1. The molecule has 72 valence electrons. The number of hydrogen-bond donors (Lipinski definition) is 1. The van der Waals surface area contributed by atoms with E-state index in [1.54, 1.807) is 12.2 Å². The topological polar surface area (TPSA) is 66.6 Å². The zero-order valence-electron chi connectivity index (χ0n) is 7.25. The predicted octanol–water partition coefficient (Wildman–Crippen LogP) is 1.82. The van der Waals surface area contributed by atoms with Crippen molar-refractivity contribution in [1.82, 2.24) is 0 Å². The number of nitro benzene ring substituents is 1. The molecule has 0 saturated carbocycles. The summed E-state index contributed by atoms with van der Waals surface area (Å²) >= 11 is 0. The highest BCUT2D eigenvalue weighted by Crippen LogP contribution is 2.28. The van der Waals surface area contributed by atoms with Gasteiger partial charge in [-0.1, -0.05) is 12.2 Å². The molecule has 0 spiro atoms. The first-order chi connectivity index (χ1) is 6.68.